The van der Waals surface area contributed by atoms with Crippen LogP contribution in [0.2, 0.25) is 0 Å². The molecule has 0 bridgehead atoms. The highest BCUT2D eigenvalue weighted by atomic mass is 16.2. The maximum Gasteiger partial charge on any atom is 0.254 e. The Morgan fingerprint density at radius 3 is 2.37 bits per heavy atom. The molecule has 1 atom stereocenters. The molecule has 94 valence electrons. The molecule has 2 aromatic rings. The Morgan fingerprint density at radius 2 is 1.63 bits per heavy atom. The van der Waals surface area contributed by atoms with Crippen LogP contribution < -0.4 is 4.90 Å². The summed E-state index contributed by atoms with van der Waals surface area (Å²) in [4.78, 5) is 14.0. The van der Waals surface area contributed by atoms with E-state index in [0.717, 1.165) is 16.8 Å². The van der Waals surface area contributed by atoms with Crippen molar-refractivity contribution < 1.29 is 4.79 Å². The van der Waals surface area contributed by atoms with E-state index < -0.39 is 0 Å². The van der Waals surface area contributed by atoms with Crippen LogP contribution in [0.1, 0.15) is 17.0 Å². The molecular formula is C17H15NO. The second kappa shape index (κ2) is 4.39. The summed E-state index contributed by atoms with van der Waals surface area (Å²) in [5.41, 5.74) is 3.85. The summed E-state index contributed by atoms with van der Waals surface area (Å²) in [5, 5.41) is 0. The Morgan fingerprint density at radius 1 is 1.00 bits per heavy atom. The van der Waals surface area contributed by atoms with Crippen molar-refractivity contribution in [3.05, 3.63) is 77.9 Å². The lowest BCUT2D eigenvalue weighted by atomic mass is 9.81. The van der Waals surface area contributed by atoms with Gasteiger partial charge in [-0.25, -0.2) is 0 Å². The monoisotopic (exact) mass is 249 g/mol. The van der Waals surface area contributed by atoms with E-state index in [1.807, 2.05) is 48.5 Å². The van der Waals surface area contributed by atoms with E-state index in [9.17, 15) is 4.79 Å². The number of hydrogen-bond acceptors (Lipinski definition) is 1. The van der Waals surface area contributed by atoms with Gasteiger partial charge in [-0.1, -0.05) is 55.1 Å². The van der Waals surface area contributed by atoms with Crippen LogP contribution in [0.5, 0.6) is 0 Å². The van der Waals surface area contributed by atoms with Crippen LogP contribution in [-0.4, -0.2) is 13.0 Å². The van der Waals surface area contributed by atoms with Crippen LogP contribution in [-0.2, 0) is 4.79 Å². The lowest BCUT2D eigenvalue weighted by molar-refractivity contribution is -0.115. The Kier molecular flexibility index (Phi) is 2.71. The van der Waals surface area contributed by atoms with E-state index in [4.69, 9.17) is 0 Å². The van der Waals surface area contributed by atoms with Gasteiger partial charge in [0.15, 0.2) is 0 Å². The number of likely N-dealkylation sites (N-methyl/N-ethyl adjacent to an activating group) is 1. The summed E-state index contributed by atoms with van der Waals surface area (Å²) < 4.78 is 0. The Bertz CT molecular complexity index is 645. The van der Waals surface area contributed by atoms with Gasteiger partial charge in [0.25, 0.3) is 5.91 Å². The highest BCUT2D eigenvalue weighted by molar-refractivity contribution is 6.09. The van der Waals surface area contributed by atoms with Crippen molar-refractivity contribution in [2.24, 2.45) is 0 Å². The van der Waals surface area contributed by atoms with Crippen LogP contribution in [0.3, 0.4) is 0 Å². The van der Waals surface area contributed by atoms with E-state index >= 15 is 0 Å². The lowest BCUT2D eigenvalue weighted by Crippen LogP contribution is -2.35. The predicted octanol–water partition coefficient (Wildman–Crippen LogP) is 3.35. The molecular weight excluding hydrogens is 234 g/mol. The van der Waals surface area contributed by atoms with Crippen LogP contribution in [0.4, 0.5) is 5.69 Å². The molecule has 0 N–H and O–H groups in total. The van der Waals surface area contributed by atoms with Gasteiger partial charge < -0.3 is 4.90 Å². The first-order valence-electron chi connectivity index (χ1n) is 6.31. The molecule has 1 heterocycles. The van der Waals surface area contributed by atoms with Gasteiger partial charge in [0, 0.05) is 24.2 Å². The number of amides is 1. The molecule has 0 aliphatic carbocycles. The zero-order valence-electron chi connectivity index (χ0n) is 10.8. The fraction of sp³-hybridized carbons (Fsp3) is 0.118. The number of carbonyl (C=O) groups excluding carboxylic acids is 1. The van der Waals surface area contributed by atoms with Crippen LogP contribution >= 0.6 is 0 Å². The summed E-state index contributed by atoms with van der Waals surface area (Å²) in [6.07, 6.45) is 0. The van der Waals surface area contributed by atoms with Crippen LogP contribution in [0.15, 0.2) is 66.7 Å². The number of para-hydroxylation sites is 1. The third-order valence-electron chi connectivity index (χ3n) is 3.67. The zero-order chi connectivity index (χ0) is 13.4. The van der Waals surface area contributed by atoms with E-state index in [1.165, 1.54) is 0 Å². The maximum absolute atomic E-state index is 12.3. The highest BCUT2D eigenvalue weighted by Crippen LogP contribution is 2.41. The van der Waals surface area contributed by atoms with Crippen molar-refractivity contribution in [1.29, 1.82) is 0 Å². The van der Waals surface area contributed by atoms with Gasteiger partial charge in [-0.3, -0.25) is 4.79 Å². The minimum atomic E-state index is -0.0406. The summed E-state index contributed by atoms with van der Waals surface area (Å²) >= 11 is 0. The molecule has 0 saturated heterocycles. The standard InChI is InChI=1S/C17H15NO/c1-12-16(13-8-4-3-5-9-13)14-10-6-7-11-15(14)18(2)17(12)19/h3-11,16H,1H2,2H3. The van der Waals surface area contributed by atoms with Gasteiger partial charge in [0.2, 0.25) is 0 Å². The van der Waals surface area contributed by atoms with Crippen molar-refractivity contribution in [2.45, 2.75) is 5.92 Å². The van der Waals surface area contributed by atoms with Crippen molar-refractivity contribution in [1.82, 2.24) is 0 Å². The molecule has 0 fully saturated rings. The zero-order valence-corrected chi connectivity index (χ0v) is 10.8. The Hall–Kier alpha value is -2.35. The second-order valence-electron chi connectivity index (χ2n) is 4.79. The van der Waals surface area contributed by atoms with Gasteiger partial charge >= 0.3 is 0 Å². The number of fused-ring (bicyclic) bond motifs is 1. The average molecular weight is 249 g/mol. The van der Waals surface area contributed by atoms with Crippen molar-refractivity contribution in [3.8, 4) is 0 Å². The minimum Gasteiger partial charge on any atom is -0.311 e. The molecule has 0 spiro atoms. The first kappa shape index (κ1) is 11.7. The number of benzene rings is 2. The van der Waals surface area contributed by atoms with E-state index in [2.05, 4.69) is 12.6 Å². The largest absolute Gasteiger partial charge is 0.311 e. The quantitative estimate of drug-likeness (QED) is 0.710. The fourth-order valence-electron chi connectivity index (χ4n) is 2.70. The number of nitrogens with zero attached hydrogens (tertiary/aromatic N) is 1. The first-order valence-corrected chi connectivity index (χ1v) is 6.31. The molecule has 2 aromatic carbocycles. The maximum atomic E-state index is 12.3. The molecule has 0 aromatic heterocycles. The third-order valence-corrected chi connectivity index (χ3v) is 3.67. The summed E-state index contributed by atoms with van der Waals surface area (Å²) in [7, 11) is 1.80. The smallest absolute Gasteiger partial charge is 0.254 e. The molecule has 19 heavy (non-hydrogen) atoms. The van der Waals surface area contributed by atoms with Crippen molar-refractivity contribution in [3.63, 3.8) is 0 Å². The highest BCUT2D eigenvalue weighted by Gasteiger charge is 2.33. The molecule has 2 heteroatoms. The second-order valence-corrected chi connectivity index (χ2v) is 4.79. The van der Waals surface area contributed by atoms with E-state index in [0.29, 0.717) is 5.57 Å². The Labute approximate surface area is 113 Å². The Balaban J connectivity index is 2.22. The molecule has 1 aliphatic heterocycles. The number of anilines is 1. The van der Waals surface area contributed by atoms with Gasteiger partial charge in [-0.15, -0.1) is 0 Å². The SMILES string of the molecule is C=C1C(=O)N(C)c2ccccc2C1c1ccccc1. The summed E-state index contributed by atoms with van der Waals surface area (Å²) in [5.74, 6) is -0.0475. The minimum absolute atomic E-state index is 0.00690. The normalized spacial score (nSPS) is 18.4. The molecule has 0 saturated carbocycles. The lowest BCUT2D eigenvalue weighted by Gasteiger charge is -2.33. The van der Waals surface area contributed by atoms with Gasteiger partial charge in [0.05, 0.1) is 0 Å². The number of carbonyl (C=O) groups is 1. The average Bonchev–Trinajstić information content (AvgIpc) is 2.46. The number of hydrogen-bond donors (Lipinski definition) is 0. The van der Waals surface area contributed by atoms with Gasteiger partial charge in [-0.05, 0) is 17.2 Å². The molecule has 1 unspecified atom stereocenters. The predicted molar refractivity (Wildman–Crippen MR) is 77.3 cm³/mol. The van der Waals surface area contributed by atoms with Gasteiger partial charge in [0.1, 0.15) is 0 Å². The van der Waals surface area contributed by atoms with Gasteiger partial charge in [-0.2, -0.15) is 0 Å². The van der Waals surface area contributed by atoms with E-state index in [1.54, 1.807) is 11.9 Å². The fourth-order valence-corrected chi connectivity index (χ4v) is 2.70. The van der Waals surface area contributed by atoms with Crippen molar-refractivity contribution in [2.75, 3.05) is 11.9 Å². The van der Waals surface area contributed by atoms with Crippen LogP contribution in [0.25, 0.3) is 0 Å². The first-order chi connectivity index (χ1) is 9.20. The molecule has 0 radical (unpaired) electrons. The topological polar surface area (TPSA) is 20.3 Å². The summed E-state index contributed by atoms with van der Waals surface area (Å²) in [6, 6.07) is 18.1. The summed E-state index contributed by atoms with van der Waals surface area (Å²) in [6.45, 7) is 4.01. The van der Waals surface area contributed by atoms with Crippen molar-refractivity contribution >= 4 is 11.6 Å². The molecule has 3 rings (SSSR count). The molecule has 1 aliphatic rings. The molecule has 1 amide bonds. The number of rotatable bonds is 1. The third kappa shape index (κ3) is 1.76. The van der Waals surface area contributed by atoms with E-state index in [-0.39, 0.29) is 11.8 Å². The molecule has 2 nitrogen and oxygen atoms in total. The van der Waals surface area contributed by atoms with Crippen LogP contribution in [0, 0.1) is 0 Å².